The van der Waals surface area contributed by atoms with Crippen LogP contribution >= 0.6 is 11.8 Å². The fourth-order valence-electron chi connectivity index (χ4n) is 2.40. The summed E-state index contributed by atoms with van der Waals surface area (Å²) in [6.07, 6.45) is 0. The summed E-state index contributed by atoms with van der Waals surface area (Å²) in [7, 11) is -3.66. The van der Waals surface area contributed by atoms with Crippen LogP contribution in [0.25, 0.3) is 0 Å². The lowest BCUT2D eigenvalue weighted by Crippen LogP contribution is -2.35. The van der Waals surface area contributed by atoms with Crippen LogP contribution in [0.1, 0.15) is 17.3 Å². The number of hydrogen-bond donors (Lipinski definition) is 0. The van der Waals surface area contributed by atoms with Gasteiger partial charge in [-0.1, -0.05) is 24.3 Å². The molecular weight excluding hydrogens is 318 g/mol. The standard InChI is InChI=1S/C16H15NO3S2/c1-12(18)13-5-4-6-14(11-13)22(19,20)17-9-10-21-16-8-3-2-7-15(16)17/h2-8,11H,9-10H2,1H3. The second kappa shape index (κ2) is 5.78. The van der Waals surface area contributed by atoms with E-state index in [1.165, 1.54) is 23.4 Å². The van der Waals surface area contributed by atoms with Crippen molar-refractivity contribution in [2.24, 2.45) is 0 Å². The topological polar surface area (TPSA) is 54.5 Å². The number of ketones is 1. The summed E-state index contributed by atoms with van der Waals surface area (Å²) in [5.41, 5.74) is 1.10. The number of sulfonamides is 1. The minimum Gasteiger partial charge on any atom is -0.295 e. The number of carbonyl (C=O) groups is 1. The fraction of sp³-hybridized carbons (Fsp3) is 0.188. The van der Waals surface area contributed by atoms with Gasteiger partial charge >= 0.3 is 0 Å². The van der Waals surface area contributed by atoms with Gasteiger partial charge in [-0.25, -0.2) is 8.42 Å². The first-order valence-electron chi connectivity index (χ1n) is 6.86. The molecule has 0 spiro atoms. The lowest BCUT2D eigenvalue weighted by atomic mass is 10.2. The summed E-state index contributed by atoms with van der Waals surface area (Å²) < 4.78 is 27.3. The van der Waals surface area contributed by atoms with Crippen molar-refractivity contribution in [1.82, 2.24) is 0 Å². The van der Waals surface area contributed by atoms with Gasteiger partial charge in [0.1, 0.15) is 0 Å². The molecule has 0 aromatic heterocycles. The Balaban J connectivity index is 2.08. The first-order valence-corrected chi connectivity index (χ1v) is 9.28. The smallest absolute Gasteiger partial charge is 0.264 e. The molecule has 4 nitrogen and oxygen atoms in total. The van der Waals surface area contributed by atoms with Crippen molar-refractivity contribution in [3.63, 3.8) is 0 Å². The summed E-state index contributed by atoms with van der Waals surface area (Å²) in [5.74, 6) is 0.564. The van der Waals surface area contributed by atoms with Crippen LogP contribution in [0.5, 0.6) is 0 Å². The lowest BCUT2D eigenvalue weighted by molar-refractivity contribution is 0.101. The predicted molar refractivity (Wildman–Crippen MR) is 88.1 cm³/mol. The number of anilines is 1. The van der Waals surface area contributed by atoms with Gasteiger partial charge < -0.3 is 0 Å². The van der Waals surface area contributed by atoms with Gasteiger partial charge in [0.05, 0.1) is 10.6 Å². The predicted octanol–water partition coefficient (Wildman–Crippen LogP) is 3.19. The SMILES string of the molecule is CC(=O)c1cccc(S(=O)(=O)N2CCSc3ccccc32)c1. The van der Waals surface area contributed by atoms with E-state index in [4.69, 9.17) is 0 Å². The van der Waals surface area contributed by atoms with Crippen LogP contribution in [0.4, 0.5) is 5.69 Å². The molecule has 0 radical (unpaired) electrons. The first-order chi connectivity index (χ1) is 10.5. The maximum Gasteiger partial charge on any atom is 0.264 e. The first kappa shape index (κ1) is 15.1. The molecule has 0 saturated heterocycles. The zero-order valence-corrected chi connectivity index (χ0v) is 13.7. The average Bonchev–Trinajstić information content (AvgIpc) is 2.54. The second-order valence-corrected chi connectivity index (χ2v) is 7.98. The van der Waals surface area contributed by atoms with E-state index in [2.05, 4.69) is 0 Å². The number of nitrogens with zero attached hydrogens (tertiary/aromatic N) is 1. The molecule has 1 aliphatic rings. The Morgan fingerprint density at radius 3 is 2.68 bits per heavy atom. The largest absolute Gasteiger partial charge is 0.295 e. The van der Waals surface area contributed by atoms with Gasteiger partial charge in [-0.3, -0.25) is 9.10 Å². The highest BCUT2D eigenvalue weighted by molar-refractivity contribution is 8.00. The van der Waals surface area contributed by atoms with Gasteiger partial charge in [0.2, 0.25) is 0 Å². The molecule has 0 atom stereocenters. The zero-order valence-electron chi connectivity index (χ0n) is 12.0. The molecule has 3 rings (SSSR count). The molecule has 0 saturated carbocycles. The normalized spacial score (nSPS) is 14.5. The highest BCUT2D eigenvalue weighted by atomic mass is 32.2. The quantitative estimate of drug-likeness (QED) is 0.810. The number of fused-ring (bicyclic) bond motifs is 1. The molecule has 114 valence electrons. The average molecular weight is 333 g/mol. The van der Waals surface area contributed by atoms with E-state index in [1.807, 2.05) is 24.3 Å². The Labute approximate surface area is 134 Å². The minimum atomic E-state index is -3.66. The third-order valence-electron chi connectivity index (χ3n) is 3.51. The third kappa shape index (κ3) is 2.64. The zero-order chi connectivity index (χ0) is 15.7. The molecule has 0 N–H and O–H groups in total. The van der Waals surface area contributed by atoms with E-state index in [0.29, 0.717) is 23.5 Å². The van der Waals surface area contributed by atoms with E-state index in [9.17, 15) is 13.2 Å². The molecular formula is C16H15NO3S2. The Bertz CT molecular complexity index is 831. The van der Waals surface area contributed by atoms with Crippen molar-refractivity contribution >= 4 is 33.3 Å². The van der Waals surface area contributed by atoms with Gasteiger partial charge in [0.15, 0.2) is 5.78 Å². The van der Waals surface area contributed by atoms with Crippen LogP contribution < -0.4 is 4.31 Å². The van der Waals surface area contributed by atoms with Gasteiger partial charge in [0.25, 0.3) is 10.0 Å². The summed E-state index contributed by atoms with van der Waals surface area (Å²) in [6.45, 7) is 1.85. The minimum absolute atomic E-state index is 0.147. The van der Waals surface area contributed by atoms with Crippen LogP contribution in [0, 0.1) is 0 Å². The van der Waals surface area contributed by atoms with Crippen molar-refractivity contribution < 1.29 is 13.2 Å². The maximum absolute atomic E-state index is 12.9. The molecule has 2 aromatic rings. The van der Waals surface area contributed by atoms with Crippen molar-refractivity contribution in [3.8, 4) is 0 Å². The van der Waals surface area contributed by atoms with Gasteiger partial charge in [-0.05, 0) is 31.2 Å². The van der Waals surface area contributed by atoms with Crippen LogP contribution in [-0.2, 0) is 10.0 Å². The summed E-state index contributed by atoms with van der Waals surface area (Å²) in [5, 5.41) is 0. The van der Waals surface area contributed by atoms with Crippen molar-refractivity contribution in [2.75, 3.05) is 16.6 Å². The molecule has 0 amide bonds. The number of Topliss-reactive ketones (excluding diaryl/α,β-unsaturated/α-hetero) is 1. The monoisotopic (exact) mass is 333 g/mol. The fourth-order valence-corrected chi connectivity index (χ4v) is 5.10. The molecule has 0 fully saturated rings. The summed E-state index contributed by atoms with van der Waals surface area (Å²) in [6, 6.07) is 13.7. The van der Waals surface area contributed by atoms with E-state index in [1.54, 1.807) is 23.9 Å². The number of thioether (sulfide) groups is 1. The van der Waals surface area contributed by atoms with Gasteiger partial charge in [0, 0.05) is 22.8 Å². The molecule has 0 bridgehead atoms. The van der Waals surface area contributed by atoms with Crippen LogP contribution in [0.15, 0.2) is 58.3 Å². The molecule has 0 unspecified atom stereocenters. The number of hydrogen-bond acceptors (Lipinski definition) is 4. The highest BCUT2D eigenvalue weighted by Crippen LogP contribution is 2.37. The highest BCUT2D eigenvalue weighted by Gasteiger charge is 2.29. The van der Waals surface area contributed by atoms with E-state index in [-0.39, 0.29) is 10.7 Å². The number of carbonyl (C=O) groups excluding carboxylic acids is 1. The van der Waals surface area contributed by atoms with Crippen LogP contribution in [-0.4, -0.2) is 26.5 Å². The molecule has 0 aliphatic carbocycles. The van der Waals surface area contributed by atoms with E-state index in [0.717, 1.165) is 4.90 Å². The maximum atomic E-state index is 12.9. The van der Waals surface area contributed by atoms with Crippen LogP contribution in [0.3, 0.4) is 0 Å². The van der Waals surface area contributed by atoms with Crippen molar-refractivity contribution in [2.45, 2.75) is 16.7 Å². The molecule has 1 aliphatic heterocycles. The Kier molecular flexibility index (Phi) is 3.97. The molecule has 1 heterocycles. The van der Waals surface area contributed by atoms with Gasteiger partial charge in [-0.15, -0.1) is 11.8 Å². The molecule has 6 heteroatoms. The number of rotatable bonds is 3. The Hall–Kier alpha value is -1.79. The number of benzene rings is 2. The van der Waals surface area contributed by atoms with Crippen molar-refractivity contribution in [1.29, 1.82) is 0 Å². The van der Waals surface area contributed by atoms with Crippen LogP contribution in [0.2, 0.25) is 0 Å². The third-order valence-corrected chi connectivity index (χ3v) is 6.37. The van der Waals surface area contributed by atoms with E-state index < -0.39 is 10.0 Å². The summed E-state index contributed by atoms with van der Waals surface area (Å²) >= 11 is 1.65. The van der Waals surface area contributed by atoms with E-state index >= 15 is 0 Å². The lowest BCUT2D eigenvalue weighted by Gasteiger charge is -2.30. The summed E-state index contributed by atoms with van der Waals surface area (Å²) in [4.78, 5) is 12.6. The second-order valence-electron chi connectivity index (χ2n) is 4.98. The Morgan fingerprint density at radius 1 is 1.14 bits per heavy atom. The van der Waals surface area contributed by atoms with Crippen molar-refractivity contribution in [3.05, 3.63) is 54.1 Å². The molecule has 2 aromatic carbocycles. The Morgan fingerprint density at radius 2 is 1.91 bits per heavy atom. The van der Waals surface area contributed by atoms with Gasteiger partial charge in [-0.2, -0.15) is 0 Å². The number of para-hydroxylation sites is 1. The molecule has 22 heavy (non-hydrogen) atoms.